The van der Waals surface area contributed by atoms with Gasteiger partial charge in [-0.25, -0.2) is 0 Å². The Labute approximate surface area is 144 Å². The van der Waals surface area contributed by atoms with Crippen molar-refractivity contribution >= 4 is 23.9 Å². The van der Waals surface area contributed by atoms with Crippen LogP contribution in [0.1, 0.15) is 46.5 Å². The van der Waals surface area contributed by atoms with E-state index in [4.69, 9.17) is 31.0 Å². The highest BCUT2D eigenvalue weighted by molar-refractivity contribution is 5.75. The Morgan fingerprint density at radius 1 is 0.920 bits per heavy atom. The van der Waals surface area contributed by atoms with Crippen LogP contribution in [0.2, 0.25) is 0 Å². The van der Waals surface area contributed by atoms with Gasteiger partial charge in [-0.2, -0.15) is 5.48 Å². The Morgan fingerprint density at radius 3 is 1.68 bits per heavy atom. The minimum absolute atomic E-state index is 0.0131. The number of carbonyl (C=O) groups is 4. The largest absolute Gasteiger partial charge is 0.481 e. The van der Waals surface area contributed by atoms with Crippen LogP contribution < -0.4 is 11.2 Å². The average molecular weight is 366 g/mol. The lowest BCUT2D eigenvalue weighted by Gasteiger charge is -2.22. The summed E-state index contributed by atoms with van der Waals surface area (Å²) in [5, 5.41) is 33.4. The summed E-state index contributed by atoms with van der Waals surface area (Å²) in [7, 11) is 0. The van der Waals surface area contributed by atoms with E-state index in [1.54, 1.807) is 20.8 Å². The van der Waals surface area contributed by atoms with Crippen LogP contribution in [0.5, 0.6) is 0 Å². The van der Waals surface area contributed by atoms with E-state index in [1.165, 1.54) is 0 Å². The molecular weight excluding hydrogens is 340 g/mol. The van der Waals surface area contributed by atoms with Crippen molar-refractivity contribution in [1.29, 1.82) is 0 Å². The first-order chi connectivity index (χ1) is 11.3. The molecule has 146 valence electrons. The number of rotatable bonds is 10. The van der Waals surface area contributed by atoms with Crippen molar-refractivity contribution in [2.45, 2.75) is 64.1 Å². The fourth-order valence-electron chi connectivity index (χ4n) is 1.15. The smallest absolute Gasteiger partial charge is 0.323 e. The van der Waals surface area contributed by atoms with Gasteiger partial charge in [-0.1, -0.05) is 0 Å². The predicted molar refractivity (Wildman–Crippen MR) is 84.7 cm³/mol. The third-order valence-electron chi connectivity index (χ3n) is 2.44. The fourth-order valence-corrected chi connectivity index (χ4v) is 1.15. The van der Waals surface area contributed by atoms with Crippen LogP contribution in [0.25, 0.3) is 0 Å². The van der Waals surface area contributed by atoms with Gasteiger partial charge in [-0.05, 0) is 33.6 Å². The molecule has 2 unspecified atom stereocenters. The van der Waals surface area contributed by atoms with Gasteiger partial charge in [0.1, 0.15) is 12.1 Å². The van der Waals surface area contributed by atoms with Gasteiger partial charge < -0.3 is 26.2 Å². The Balaban J connectivity index is 0. The van der Waals surface area contributed by atoms with Gasteiger partial charge in [-0.3, -0.25) is 24.0 Å². The summed E-state index contributed by atoms with van der Waals surface area (Å²) in [4.78, 5) is 45.9. The van der Waals surface area contributed by atoms with Crippen LogP contribution in [0.15, 0.2) is 0 Å². The second-order valence-electron chi connectivity index (χ2n) is 6.03. The lowest BCUT2D eigenvalue weighted by atomic mass is 10.1. The number of nitrogens with one attached hydrogen (secondary N) is 1. The van der Waals surface area contributed by atoms with Gasteiger partial charge in [0.25, 0.3) is 0 Å². The van der Waals surface area contributed by atoms with E-state index in [-0.39, 0.29) is 25.7 Å². The van der Waals surface area contributed by atoms with Gasteiger partial charge in [0.05, 0.1) is 5.60 Å². The van der Waals surface area contributed by atoms with E-state index in [1.807, 2.05) is 0 Å². The standard InChI is InChI=1S/C9H17NO5.C5H9NO4/c1-9(2,3)15-10-6(8(13)14)4-5-7(11)12;6-3(5(9)10)1-2-4(7)8/h6,10H,4-5H2,1-3H3,(H,11,12)(H,13,14);3H,1-2,6H2,(H,7,8)(H,9,10). The Bertz CT molecular complexity index is 460. The number of carboxylic acids is 4. The third kappa shape index (κ3) is 17.9. The Hall–Kier alpha value is -2.24. The highest BCUT2D eigenvalue weighted by Gasteiger charge is 2.21. The molecule has 2 atom stereocenters. The summed E-state index contributed by atoms with van der Waals surface area (Å²) in [5.74, 6) is -4.35. The van der Waals surface area contributed by atoms with E-state index in [0.29, 0.717) is 0 Å². The lowest BCUT2D eigenvalue weighted by Crippen LogP contribution is -2.41. The van der Waals surface area contributed by atoms with Crippen molar-refractivity contribution < 1.29 is 44.4 Å². The molecule has 0 bridgehead atoms. The van der Waals surface area contributed by atoms with Crippen LogP contribution in [0.4, 0.5) is 0 Å². The maximum Gasteiger partial charge on any atom is 0.323 e. The molecule has 0 saturated carbocycles. The molecule has 0 radical (unpaired) electrons. The SMILES string of the molecule is CC(C)(C)ONC(CCC(=O)O)C(=O)O.NC(CCC(=O)O)C(=O)O. The van der Waals surface area contributed by atoms with E-state index in [0.717, 1.165) is 0 Å². The number of hydroxylamine groups is 1. The first-order valence-corrected chi connectivity index (χ1v) is 7.34. The Morgan fingerprint density at radius 2 is 1.36 bits per heavy atom. The monoisotopic (exact) mass is 366 g/mol. The molecule has 0 aromatic carbocycles. The zero-order chi connectivity index (χ0) is 20.2. The van der Waals surface area contributed by atoms with Gasteiger partial charge in [0.2, 0.25) is 0 Å². The van der Waals surface area contributed by atoms with Crippen LogP contribution in [0.3, 0.4) is 0 Å². The normalized spacial score (nSPS) is 13.1. The first-order valence-electron chi connectivity index (χ1n) is 7.34. The van der Waals surface area contributed by atoms with Crippen LogP contribution in [-0.4, -0.2) is 62.0 Å². The zero-order valence-corrected chi connectivity index (χ0v) is 14.4. The summed E-state index contributed by atoms with van der Waals surface area (Å²) in [6.07, 6.45) is -0.448. The number of hydrogen-bond acceptors (Lipinski definition) is 7. The second-order valence-corrected chi connectivity index (χ2v) is 6.03. The van der Waals surface area contributed by atoms with Gasteiger partial charge in [0.15, 0.2) is 0 Å². The minimum Gasteiger partial charge on any atom is -0.481 e. The molecule has 7 N–H and O–H groups in total. The van der Waals surface area contributed by atoms with Crippen LogP contribution in [-0.2, 0) is 24.0 Å². The number of carboxylic acid groups (broad SMARTS) is 4. The molecule has 11 heteroatoms. The molecule has 0 aliphatic heterocycles. The molecule has 0 aromatic heterocycles. The van der Waals surface area contributed by atoms with Crippen molar-refractivity contribution in [3.8, 4) is 0 Å². The molecule has 11 nitrogen and oxygen atoms in total. The predicted octanol–water partition coefficient (Wildman–Crippen LogP) is -0.113. The molecule has 0 heterocycles. The Kier molecular flexibility index (Phi) is 12.2. The van der Waals surface area contributed by atoms with Crippen LogP contribution in [0, 0.1) is 0 Å². The molecule has 0 fully saturated rings. The lowest BCUT2D eigenvalue weighted by molar-refractivity contribution is -0.151. The highest BCUT2D eigenvalue weighted by atomic mass is 16.7. The van der Waals surface area contributed by atoms with Crippen LogP contribution >= 0.6 is 0 Å². The summed E-state index contributed by atoms with van der Waals surface area (Å²) in [6, 6.07) is -2.06. The molecule has 0 aliphatic rings. The van der Waals surface area contributed by atoms with Crippen molar-refractivity contribution in [2.24, 2.45) is 5.73 Å². The average Bonchev–Trinajstić information content (AvgIpc) is 2.43. The third-order valence-corrected chi connectivity index (χ3v) is 2.44. The van der Waals surface area contributed by atoms with E-state index >= 15 is 0 Å². The summed E-state index contributed by atoms with van der Waals surface area (Å²) < 4.78 is 0. The summed E-state index contributed by atoms with van der Waals surface area (Å²) >= 11 is 0. The van der Waals surface area contributed by atoms with Gasteiger partial charge >= 0.3 is 23.9 Å². The highest BCUT2D eigenvalue weighted by Crippen LogP contribution is 2.06. The van der Waals surface area contributed by atoms with Crippen molar-refractivity contribution in [2.75, 3.05) is 0 Å². The summed E-state index contributed by atoms with van der Waals surface area (Å²) in [6.45, 7) is 5.28. The zero-order valence-electron chi connectivity index (χ0n) is 14.4. The number of nitrogens with two attached hydrogens (primary N) is 1. The molecule has 0 saturated heterocycles. The molecular formula is C14H26N2O9. The molecule has 25 heavy (non-hydrogen) atoms. The first kappa shape index (κ1) is 25.0. The van der Waals surface area contributed by atoms with Gasteiger partial charge in [-0.15, -0.1) is 0 Å². The van der Waals surface area contributed by atoms with Gasteiger partial charge in [0, 0.05) is 12.8 Å². The van der Waals surface area contributed by atoms with E-state index in [9.17, 15) is 19.2 Å². The molecule has 0 amide bonds. The number of aliphatic carboxylic acids is 4. The topological polar surface area (TPSA) is 196 Å². The molecule has 0 aliphatic carbocycles. The number of hydrogen-bond donors (Lipinski definition) is 6. The van der Waals surface area contributed by atoms with Crippen molar-refractivity contribution in [3.63, 3.8) is 0 Å². The molecule has 0 spiro atoms. The van der Waals surface area contributed by atoms with Crippen molar-refractivity contribution in [3.05, 3.63) is 0 Å². The second kappa shape index (κ2) is 12.2. The molecule has 0 rings (SSSR count). The maximum atomic E-state index is 10.7. The van der Waals surface area contributed by atoms with E-state index in [2.05, 4.69) is 5.48 Å². The van der Waals surface area contributed by atoms with E-state index < -0.39 is 41.6 Å². The quantitative estimate of drug-likeness (QED) is 0.282. The molecule has 0 aromatic rings. The van der Waals surface area contributed by atoms with Crippen molar-refractivity contribution in [1.82, 2.24) is 5.48 Å². The maximum absolute atomic E-state index is 10.7. The summed E-state index contributed by atoms with van der Waals surface area (Å²) in [5.41, 5.74) is 6.84. The minimum atomic E-state index is -1.17. The fraction of sp³-hybridized carbons (Fsp3) is 0.714.